The highest BCUT2D eigenvalue weighted by molar-refractivity contribution is 9.10. The summed E-state index contributed by atoms with van der Waals surface area (Å²) in [7, 11) is 0. The maximum absolute atomic E-state index is 10.3. The van der Waals surface area contributed by atoms with Gasteiger partial charge in [0.2, 0.25) is 0 Å². The summed E-state index contributed by atoms with van der Waals surface area (Å²) >= 11 is 3.48. The maximum Gasteiger partial charge on any atom is 0.137 e. The van der Waals surface area contributed by atoms with E-state index in [0.29, 0.717) is 39.8 Å². The number of para-hydroxylation sites is 4. The van der Waals surface area contributed by atoms with Gasteiger partial charge in [-0.2, -0.15) is 0 Å². The smallest absolute Gasteiger partial charge is 0.137 e. The van der Waals surface area contributed by atoms with Crippen molar-refractivity contribution in [3.63, 3.8) is 0 Å². The molecule has 0 radical (unpaired) electrons. The molecule has 1 N–H and O–H groups in total. The predicted molar refractivity (Wildman–Crippen MR) is 400 cm³/mol. The van der Waals surface area contributed by atoms with E-state index < -0.39 is 12.1 Å². The second-order valence-corrected chi connectivity index (χ2v) is 24.2. The summed E-state index contributed by atoms with van der Waals surface area (Å²) in [6.07, 6.45) is 6.82. The number of hydrogen-bond donors (Lipinski definition) is 1. The lowest BCUT2D eigenvalue weighted by molar-refractivity contribution is 0.476. The zero-order valence-electron chi connectivity index (χ0n) is 62.2. The van der Waals surface area contributed by atoms with Crippen LogP contribution in [-0.4, -0.2) is 43.3 Å². The van der Waals surface area contributed by atoms with E-state index in [0.717, 1.165) is 109 Å². The number of halogens is 1. The van der Waals surface area contributed by atoms with Crippen molar-refractivity contribution < 1.29 is 23.6 Å². The number of aryl methyl sites for hydroxylation is 2. The lowest BCUT2D eigenvalue weighted by Gasteiger charge is -2.12. The van der Waals surface area contributed by atoms with Crippen LogP contribution in [0.25, 0.3) is 133 Å². The van der Waals surface area contributed by atoms with Crippen molar-refractivity contribution in [2.24, 2.45) is 0 Å². The molecule has 0 aliphatic rings. The molecule has 6 aromatic heterocycles. The molecule has 0 aliphatic heterocycles. The molecule has 0 unspecified atom stereocenters. The van der Waals surface area contributed by atoms with Gasteiger partial charge in [0.25, 0.3) is 0 Å². The van der Waals surface area contributed by atoms with Gasteiger partial charge in [-0.25, -0.2) is 19.9 Å². The Kier molecular flexibility index (Phi) is 13.1. The predicted octanol–water partition coefficient (Wildman–Crippen LogP) is 22.3. The first-order valence-electron chi connectivity index (χ1n) is 36.3. The highest BCUT2D eigenvalue weighted by Crippen LogP contribution is 2.40. The van der Waals surface area contributed by atoms with Crippen LogP contribution in [0.5, 0.6) is 17.2 Å². The number of phenolic OH excluding ortho intramolecular Hbond substituents is 1. The molecule has 0 bridgehead atoms. The summed E-state index contributed by atoms with van der Waals surface area (Å²) in [4.78, 5) is 18.5. The molecule has 0 amide bonds. The third kappa shape index (κ3) is 11.7. The third-order valence-electron chi connectivity index (χ3n) is 17.2. The quantitative estimate of drug-likeness (QED) is 0.146. The Morgan fingerprint density at radius 1 is 0.361 bits per heavy atom. The first-order valence-corrected chi connectivity index (χ1v) is 32.1. The molecule has 0 saturated heterocycles. The highest BCUT2D eigenvalue weighted by Gasteiger charge is 2.20. The number of aromatic hydroxyl groups is 1. The topological polar surface area (TPSA) is 101 Å². The number of aromatic nitrogens is 8. The average Bonchev–Trinajstić information content (AvgIpc) is 1.61. The number of nitrogens with zero attached hydrogens (tertiary/aromatic N) is 8. The van der Waals surface area contributed by atoms with Gasteiger partial charge in [0.1, 0.15) is 41.5 Å². The van der Waals surface area contributed by atoms with Crippen molar-refractivity contribution in [1.82, 2.24) is 38.2 Å². The molecule has 12 aromatic carbocycles. The SMILES string of the molecule is Brc1cccc(-n2cnc3ccccc32)c1.[2H]c1c([2H])c([2H])c(-c2cnc(-n3c4ccc(-c5ccccc5)cc4c4ccc(O)cc43)cc2C)c([2H])c1[2H].[2H]c1c([2H])c([2H])c(-c2cnc(-n3c4ccc(-c5ccccc5)cc4c4ccc(Oc5cccc(-n6cnc7ccccc76)c5)cc43)cc2C)c([2H])c1[2H]. The van der Waals surface area contributed by atoms with Gasteiger partial charge >= 0.3 is 0 Å². The fourth-order valence-electron chi connectivity index (χ4n) is 12.6. The second kappa shape index (κ2) is 25.8. The van der Waals surface area contributed by atoms with E-state index in [-0.39, 0.29) is 65.2 Å². The van der Waals surface area contributed by atoms with Gasteiger partial charge in [0.15, 0.2) is 0 Å². The lowest BCUT2D eigenvalue weighted by Crippen LogP contribution is -1.99. The summed E-state index contributed by atoms with van der Waals surface area (Å²) in [6, 6.07) is 76.8. The molecule has 0 saturated carbocycles. The number of ether oxygens (including phenoxy) is 1. The first-order chi connectivity index (χ1) is 51.9. The molecule has 18 rings (SSSR count). The van der Waals surface area contributed by atoms with Gasteiger partial charge < -0.3 is 9.84 Å². The Bertz CT molecular complexity index is 6520. The fraction of sp³-hybridized carbons (Fsp3) is 0.0233. The van der Waals surface area contributed by atoms with E-state index in [4.69, 9.17) is 23.4 Å². The van der Waals surface area contributed by atoms with Gasteiger partial charge in [-0.05, 0) is 174 Å². The van der Waals surface area contributed by atoms with Gasteiger partial charge in [-0.3, -0.25) is 18.3 Å². The number of fused-ring (bicyclic) bond motifs is 8. The van der Waals surface area contributed by atoms with Crippen molar-refractivity contribution in [3.8, 4) is 84.8 Å². The fourth-order valence-corrected chi connectivity index (χ4v) is 13.0. The molecule has 0 fully saturated rings. The van der Waals surface area contributed by atoms with Crippen LogP contribution in [0.1, 0.15) is 24.8 Å². The van der Waals surface area contributed by atoms with Crippen LogP contribution in [0.2, 0.25) is 0 Å². The zero-order chi connectivity index (χ0) is 74.1. The van der Waals surface area contributed by atoms with Crippen molar-refractivity contribution in [2.45, 2.75) is 13.8 Å². The highest BCUT2D eigenvalue weighted by atomic mass is 79.9. The van der Waals surface area contributed by atoms with Crippen LogP contribution >= 0.6 is 15.9 Å². The van der Waals surface area contributed by atoms with Crippen LogP contribution in [0.4, 0.5) is 0 Å². The lowest BCUT2D eigenvalue weighted by atomic mass is 10.0. The normalized spacial score (nSPS) is 12.7. The standard InChI is InChI=1S/C43H30N4O.C30H22N2O.C13H9BrN2/c1-29-23-43(44-27-38(29)31-13-6-3-7-14-31)47-40-22-19-32(30-11-4-2-5-12-30)24-37(40)36-21-20-35(26-42(36)47)48-34-16-10-15-33(25-34)46-28-45-39-17-8-9-18-41(39)46;1-20-16-30(31-19-27(20)22-10-6-3-7-11-22)32-28-15-12-23(21-8-4-2-5-9-21)17-26(28)25-14-13-24(33)18-29(25)32;14-10-4-3-5-11(8-10)16-9-15-12-6-1-2-7-13(12)16/h2-28H,1H3;2-19,33H,1H3;1-9H/i3D,6D,7D,13D,14D;3D,6D,7D,10D,11D;. The molecule has 6 heterocycles. The number of rotatable bonds is 10. The summed E-state index contributed by atoms with van der Waals surface area (Å²) in [6.45, 7) is 3.70. The molecule has 0 aliphatic carbocycles. The van der Waals surface area contributed by atoms with Gasteiger partial charge in [0.05, 0.1) is 63.5 Å². The molecule has 0 spiro atoms. The minimum Gasteiger partial charge on any atom is -0.508 e. The van der Waals surface area contributed by atoms with E-state index in [1.807, 2.05) is 187 Å². The van der Waals surface area contributed by atoms with Gasteiger partial charge in [-0.1, -0.05) is 186 Å². The molecule has 0 atom stereocenters. The summed E-state index contributed by atoms with van der Waals surface area (Å²) in [5.41, 5.74) is 16.6. The molecule has 11 heteroatoms. The minimum absolute atomic E-state index is 0.125. The van der Waals surface area contributed by atoms with E-state index in [1.54, 1.807) is 24.5 Å². The molecule has 464 valence electrons. The number of pyridine rings is 2. The Morgan fingerprint density at radius 3 is 1.36 bits per heavy atom. The van der Waals surface area contributed by atoms with Gasteiger partial charge in [0, 0.05) is 73.4 Å². The number of imidazole rings is 2. The van der Waals surface area contributed by atoms with Crippen LogP contribution in [0.15, 0.2) is 333 Å². The Labute approximate surface area is 582 Å². The molecule has 97 heavy (non-hydrogen) atoms. The maximum atomic E-state index is 10.3. The Hall–Kier alpha value is -12.4. The van der Waals surface area contributed by atoms with Crippen LogP contribution in [0, 0.1) is 13.8 Å². The molecular formula is C86H61BrN8O2. The summed E-state index contributed by atoms with van der Waals surface area (Å²) in [5, 5.41) is 14.3. The van der Waals surface area contributed by atoms with Crippen LogP contribution in [0.3, 0.4) is 0 Å². The average molecular weight is 1330 g/mol. The van der Waals surface area contributed by atoms with Crippen LogP contribution < -0.4 is 4.74 Å². The number of benzene rings is 12. The van der Waals surface area contributed by atoms with Crippen molar-refractivity contribution in [2.75, 3.05) is 0 Å². The molecular weight excluding hydrogens is 1260 g/mol. The second-order valence-electron chi connectivity index (χ2n) is 23.2. The zero-order valence-corrected chi connectivity index (χ0v) is 53.8. The Morgan fingerprint density at radius 2 is 0.835 bits per heavy atom. The monoisotopic (exact) mass is 1330 g/mol. The van der Waals surface area contributed by atoms with E-state index in [2.05, 4.69) is 119 Å². The number of phenols is 1. The van der Waals surface area contributed by atoms with Crippen molar-refractivity contribution in [3.05, 3.63) is 344 Å². The van der Waals surface area contributed by atoms with Crippen molar-refractivity contribution >= 4 is 81.6 Å². The minimum atomic E-state index is -0.425. The summed E-state index contributed by atoms with van der Waals surface area (Å²) in [5.74, 6) is 2.67. The Balaban J connectivity index is 0.000000140. The number of hydrogen-bond acceptors (Lipinski definition) is 6. The van der Waals surface area contributed by atoms with E-state index in [1.165, 1.54) is 0 Å². The van der Waals surface area contributed by atoms with Crippen molar-refractivity contribution in [1.29, 1.82) is 0 Å². The van der Waals surface area contributed by atoms with E-state index in [9.17, 15) is 5.11 Å². The third-order valence-corrected chi connectivity index (χ3v) is 17.7. The molecule has 18 aromatic rings. The van der Waals surface area contributed by atoms with E-state index >= 15 is 0 Å². The van der Waals surface area contributed by atoms with Crippen LogP contribution in [-0.2, 0) is 0 Å². The largest absolute Gasteiger partial charge is 0.508 e. The molecule has 10 nitrogen and oxygen atoms in total. The first kappa shape index (κ1) is 49.2. The van der Waals surface area contributed by atoms with Gasteiger partial charge in [-0.15, -0.1) is 0 Å². The summed E-state index contributed by atoms with van der Waals surface area (Å²) < 4.78 is 98.0.